The molecule has 1 aromatic heterocycles. The van der Waals surface area contributed by atoms with Crippen LogP contribution in [0.3, 0.4) is 0 Å². The molecule has 122 valence electrons. The number of nitrogens with one attached hydrogen (secondary N) is 1. The largest absolute Gasteiger partial charge is 0.387 e. The molecule has 6 nitrogen and oxygen atoms in total. The molecule has 0 fully saturated rings. The van der Waals surface area contributed by atoms with Gasteiger partial charge in [0.2, 0.25) is 5.91 Å². The number of nitro groups is 1. The highest BCUT2D eigenvalue weighted by molar-refractivity contribution is 7.09. The van der Waals surface area contributed by atoms with Gasteiger partial charge in [0, 0.05) is 30.0 Å². The number of aryl methyl sites for hydroxylation is 1. The van der Waals surface area contributed by atoms with Crippen molar-refractivity contribution in [1.29, 1.82) is 0 Å². The van der Waals surface area contributed by atoms with E-state index >= 15 is 0 Å². The minimum absolute atomic E-state index is 0.0291. The van der Waals surface area contributed by atoms with E-state index in [1.54, 1.807) is 11.3 Å². The third-order valence-corrected chi connectivity index (χ3v) is 4.32. The van der Waals surface area contributed by atoms with Gasteiger partial charge in [-0.15, -0.1) is 11.3 Å². The maximum Gasteiger partial charge on any atom is 0.269 e. The number of rotatable bonds is 8. The smallest absolute Gasteiger partial charge is 0.269 e. The molecule has 0 aliphatic carbocycles. The number of aliphatic hydroxyl groups excluding tert-OH is 1. The van der Waals surface area contributed by atoms with E-state index in [1.807, 2.05) is 17.5 Å². The highest BCUT2D eigenvalue weighted by atomic mass is 32.1. The van der Waals surface area contributed by atoms with Crippen molar-refractivity contribution in [2.45, 2.75) is 25.4 Å². The number of carbonyl (C=O) groups is 1. The van der Waals surface area contributed by atoms with E-state index in [4.69, 9.17) is 0 Å². The van der Waals surface area contributed by atoms with Crippen molar-refractivity contribution in [3.05, 3.63) is 62.3 Å². The number of carbonyl (C=O) groups excluding carboxylic acids is 1. The zero-order chi connectivity index (χ0) is 16.7. The zero-order valence-corrected chi connectivity index (χ0v) is 13.3. The Hall–Kier alpha value is -2.25. The molecule has 2 N–H and O–H groups in total. The lowest BCUT2D eigenvalue weighted by atomic mass is 10.1. The van der Waals surface area contributed by atoms with Crippen molar-refractivity contribution in [3.63, 3.8) is 0 Å². The Balaban J connectivity index is 1.71. The number of thiophene rings is 1. The number of non-ortho nitro benzene ring substituents is 1. The molecular weight excluding hydrogens is 316 g/mol. The SMILES string of the molecule is O=C(CCCc1cccs1)NCC(O)c1ccc([N+](=O)[O-])cc1. The van der Waals surface area contributed by atoms with Crippen LogP contribution in [0.1, 0.15) is 29.4 Å². The molecule has 0 radical (unpaired) electrons. The van der Waals surface area contributed by atoms with Crippen LogP contribution < -0.4 is 5.32 Å². The van der Waals surface area contributed by atoms with Gasteiger partial charge in [0.15, 0.2) is 0 Å². The van der Waals surface area contributed by atoms with E-state index in [0.29, 0.717) is 12.0 Å². The first-order valence-corrected chi connectivity index (χ1v) is 8.15. The van der Waals surface area contributed by atoms with Gasteiger partial charge in [0.25, 0.3) is 5.69 Å². The lowest BCUT2D eigenvalue weighted by Crippen LogP contribution is -2.28. The lowest BCUT2D eigenvalue weighted by molar-refractivity contribution is -0.384. The quantitative estimate of drug-likeness (QED) is 0.573. The Bertz CT molecular complexity index is 641. The van der Waals surface area contributed by atoms with Gasteiger partial charge in [-0.3, -0.25) is 14.9 Å². The molecule has 1 amide bonds. The summed E-state index contributed by atoms with van der Waals surface area (Å²) in [5.41, 5.74) is 0.507. The molecule has 0 aliphatic rings. The normalized spacial score (nSPS) is 11.9. The van der Waals surface area contributed by atoms with Crippen LogP contribution in [0.2, 0.25) is 0 Å². The second-order valence-corrected chi connectivity index (χ2v) is 6.13. The molecule has 2 rings (SSSR count). The molecule has 1 heterocycles. The molecule has 7 heteroatoms. The number of benzene rings is 1. The second-order valence-electron chi connectivity index (χ2n) is 5.10. The fraction of sp³-hybridized carbons (Fsp3) is 0.312. The highest BCUT2D eigenvalue weighted by Crippen LogP contribution is 2.17. The number of aliphatic hydroxyl groups is 1. The van der Waals surface area contributed by atoms with Crippen molar-refractivity contribution in [3.8, 4) is 0 Å². The number of nitro benzene ring substituents is 1. The first-order chi connectivity index (χ1) is 11.1. The molecule has 0 saturated carbocycles. The average Bonchev–Trinajstić information content (AvgIpc) is 3.06. The summed E-state index contributed by atoms with van der Waals surface area (Å²) < 4.78 is 0. The summed E-state index contributed by atoms with van der Waals surface area (Å²) in [6.45, 7) is 0.0929. The predicted molar refractivity (Wildman–Crippen MR) is 88.3 cm³/mol. The summed E-state index contributed by atoms with van der Waals surface area (Å²) in [4.78, 5) is 23.1. The third-order valence-electron chi connectivity index (χ3n) is 3.39. The Morgan fingerprint density at radius 1 is 1.30 bits per heavy atom. The first-order valence-electron chi connectivity index (χ1n) is 7.28. The maximum atomic E-state index is 11.7. The number of hydrogen-bond donors (Lipinski definition) is 2. The minimum Gasteiger partial charge on any atom is -0.387 e. The maximum absolute atomic E-state index is 11.7. The summed E-state index contributed by atoms with van der Waals surface area (Å²) >= 11 is 1.67. The van der Waals surface area contributed by atoms with Crippen LogP contribution in [-0.4, -0.2) is 22.5 Å². The first kappa shape index (κ1) is 17.1. The van der Waals surface area contributed by atoms with Crippen LogP contribution in [0, 0.1) is 10.1 Å². The standard InChI is InChI=1S/C16H18N2O4S/c19-15(12-6-8-13(9-7-12)18(21)22)11-17-16(20)5-1-3-14-4-2-10-23-14/h2,4,6-10,15,19H,1,3,5,11H2,(H,17,20). The van der Waals surface area contributed by atoms with Crippen molar-refractivity contribution in [2.24, 2.45) is 0 Å². The van der Waals surface area contributed by atoms with Gasteiger partial charge in [-0.2, -0.15) is 0 Å². The monoisotopic (exact) mass is 334 g/mol. The topological polar surface area (TPSA) is 92.5 Å². The van der Waals surface area contributed by atoms with Crippen molar-refractivity contribution >= 4 is 22.9 Å². The van der Waals surface area contributed by atoms with Crippen molar-refractivity contribution < 1.29 is 14.8 Å². The molecule has 1 atom stereocenters. The van der Waals surface area contributed by atoms with Crippen molar-refractivity contribution in [1.82, 2.24) is 5.32 Å². The molecule has 0 saturated heterocycles. The van der Waals surface area contributed by atoms with E-state index in [2.05, 4.69) is 5.32 Å². The summed E-state index contributed by atoms with van der Waals surface area (Å²) in [5, 5.41) is 25.2. The zero-order valence-electron chi connectivity index (χ0n) is 12.5. The van der Waals surface area contributed by atoms with Gasteiger partial charge in [-0.25, -0.2) is 0 Å². The number of amides is 1. The van der Waals surface area contributed by atoms with Crippen molar-refractivity contribution in [2.75, 3.05) is 6.54 Å². The van der Waals surface area contributed by atoms with Gasteiger partial charge in [0.05, 0.1) is 11.0 Å². The molecule has 0 aliphatic heterocycles. The van der Waals surface area contributed by atoms with E-state index in [-0.39, 0.29) is 18.1 Å². The van der Waals surface area contributed by atoms with E-state index in [0.717, 1.165) is 12.8 Å². The molecular formula is C16H18N2O4S. The Morgan fingerprint density at radius 2 is 2.04 bits per heavy atom. The summed E-state index contributed by atoms with van der Waals surface area (Å²) in [6.07, 6.45) is 1.16. The van der Waals surface area contributed by atoms with Crippen LogP contribution >= 0.6 is 11.3 Å². The number of hydrogen-bond acceptors (Lipinski definition) is 5. The van der Waals surface area contributed by atoms with Crippen LogP contribution in [0.25, 0.3) is 0 Å². The van der Waals surface area contributed by atoms with Gasteiger partial charge in [-0.1, -0.05) is 6.07 Å². The van der Waals surface area contributed by atoms with Gasteiger partial charge < -0.3 is 10.4 Å². The molecule has 0 bridgehead atoms. The minimum atomic E-state index is -0.878. The van der Waals surface area contributed by atoms with Gasteiger partial charge >= 0.3 is 0 Å². The van der Waals surface area contributed by atoms with Gasteiger partial charge in [0.1, 0.15) is 0 Å². The average molecular weight is 334 g/mol. The summed E-state index contributed by atoms with van der Waals surface area (Å²) in [6, 6.07) is 9.68. The Kier molecular flexibility index (Phi) is 6.25. The van der Waals surface area contributed by atoms with Crippen LogP contribution in [0.15, 0.2) is 41.8 Å². The van der Waals surface area contributed by atoms with Crippen LogP contribution in [-0.2, 0) is 11.2 Å². The third kappa shape index (κ3) is 5.46. The van der Waals surface area contributed by atoms with Crippen LogP contribution in [0.4, 0.5) is 5.69 Å². The molecule has 1 aromatic carbocycles. The molecule has 2 aromatic rings. The summed E-state index contributed by atoms with van der Waals surface area (Å²) in [7, 11) is 0. The Morgan fingerprint density at radius 3 is 2.65 bits per heavy atom. The highest BCUT2D eigenvalue weighted by Gasteiger charge is 2.11. The summed E-state index contributed by atoms with van der Waals surface area (Å²) in [5.74, 6) is -0.109. The van der Waals surface area contributed by atoms with Crippen LogP contribution in [0.5, 0.6) is 0 Å². The predicted octanol–water partition coefficient (Wildman–Crippen LogP) is 2.83. The fourth-order valence-electron chi connectivity index (χ4n) is 2.11. The van der Waals surface area contributed by atoms with E-state index in [9.17, 15) is 20.0 Å². The molecule has 1 unspecified atom stereocenters. The Labute approximate surface area is 137 Å². The lowest BCUT2D eigenvalue weighted by Gasteiger charge is -2.12. The molecule has 23 heavy (non-hydrogen) atoms. The number of nitrogens with zero attached hydrogens (tertiary/aromatic N) is 1. The second kappa shape index (κ2) is 8.40. The molecule has 0 spiro atoms. The van der Waals surface area contributed by atoms with E-state index in [1.165, 1.54) is 29.1 Å². The van der Waals surface area contributed by atoms with E-state index < -0.39 is 11.0 Å². The van der Waals surface area contributed by atoms with Gasteiger partial charge in [-0.05, 0) is 42.0 Å². The fourth-order valence-corrected chi connectivity index (χ4v) is 2.86.